The van der Waals surface area contributed by atoms with Crippen molar-refractivity contribution in [1.82, 2.24) is 57.5 Å². The average molecular weight is 1120 g/mol. The number of hydrogen-bond acceptors (Lipinski definition) is 13. The molecule has 1 saturated heterocycles. The van der Waals surface area contributed by atoms with Gasteiger partial charge in [-0.3, -0.25) is 43.3 Å². The summed E-state index contributed by atoms with van der Waals surface area (Å²) in [6.07, 6.45) is 5.80. The number of carboxylic acid groups (broad SMARTS) is 1. The number of carbonyl (C=O) groups excluding carboxylic acids is 8. The van der Waals surface area contributed by atoms with E-state index in [1.54, 1.807) is 50.4 Å². The van der Waals surface area contributed by atoms with Gasteiger partial charge in [-0.05, 0) is 56.7 Å². The highest BCUT2D eigenvalue weighted by Crippen LogP contribution is 2.39. The number of carbonyl (C=O) groups is 9. The maximum Gasteiger partial charge on any atom is 0.327 e. The number of aliphatic imine (C=N–C) groups is 1. The van der Waals surface area contributed by atoms with Crippen LogP contribution >= 0.6 is 21.6 Å². The normalized spacial score (nSPS) is 21.8. The molecule has 1 aliphatic heterocycles. The topological polar surface area (TPSA) is 379 Å². The van der Waals surface area contributed by atoms with Gasteiger partial charge in [-0.25, -0.2) is 9.78 Å². The number of H-pyrrole nitrogens is 2. The number of benzene rings is 2. The van der Waals surface area contributed by atoms with Gasteiger partial charge < -0.3 is 69.1 Å². The predicted octanol–water partition coefficient (Wildman–Crippen LogP) is 0.731. The Bertz CT molecular complexity index is 2720. The fourth-order valence-electron chi connectivity index (χ4n) is 8.51. The molecule has 4 aromatic rings. The Morgan fingerprint density at radius 3 is 2.14 bits per heavy atom. The predicted molar refractivity (Wildman–Crippen MR) is 297 cm³/mol. The van der Waals surface area contributed by atoms with E-state index in [-0.39, 0.29) is 76.2 Å². The second-order valence-corrected chi connectivity index (χ2v) is 22.4. The monoisotopic (exact) mass is 1120 g/mol. The van der Waals surface area contributed by atoms with Gasteiger partial charge in [0.1, 0.15) is 42.3 Å². The largest absolute Gasteiger partial charge is 0.480 e. The highest BCUT2D eigenvalue weighted by atomic mass is 33.1. The van der Waals surface area contributed by atoms with Gasteiger partial charge in [0.15, 0.2) is 5.96 Å². The molecule has 0 unspecified atom stereocenters. The van der Waals surface area contributed by atoms with Crippen LogP contribution in [0.25, 0.3) is 10.9 Å². The number of nitrogens with one attached hydrogen (secondary N) is 10. The number of nitrogens with two attached hydrogens (primary N) is 2. The minimum absolute atomic E-state index is 0.00278. The molecule has 0 radical (unpaired) electrons. The van der Waals surface area contributed by atoms with Crippen molar-refractivity contribution in [3.05, 3.63) is 90.1 Å². The number of imidazole rings is 1. The first-order valence-corrected chi connectivity index (χ1v) is 28.1. The third-order valence-electron chi connectivity index (χ3n) is 12.6. The van der Waals surface area contributed by atoms with Gasteiger partial charge in [0, 0.05) is 80.4 Å². The van der Waals surface area contributed by atoms with E-state index in [1.165, 1.54) is 19.4 Å². The quantitative estimate of drug-likeness (QED) is 0.0300. The number of aliphatic carboxylic acids is 1. The van der Waals surface area contributed by atoms with Crippen LogP contribution in [-0.4, -0.2) is 145 Å². The van der Waals surface area contributed by atoms with Crippen LogP contribution in [0, 0.1) is 0 Å². The molecule has 0 saturated carbocycles. The van der Waals surface area contributed by atoms with Gasteiger partial charge in [-0.2, -0.15) is 0 Å². The van der Waals surface area contributed by atoms with Gasteiger partial charge in [0.05, 0.1) is 11.1 Å². The molecule has 2 aromatic heterocycles. The van der Waals surface area contributed by atoms with E-state index in [1.807, 2.05) is 31.2 Å². The van der Waals surface area contributed by atoms with E-state index in [2.05, 4.69) is 62.5 Å². The molecule has 26 heteroatoms. The summed E-state index contributed by atoms with van der Waals surface area (Å²) in [5, 5.41) is 33.1. The van der Waals surface area contributed by atoms with E-state index in [0.717, 1.165) is 32.5 Å². The Morgan fingerprint density at radius 1 is 0.821 bits per heavy atom. The summed E-state index contributed by atoms with van der Waals surface area (Å²) in [6, 6.07) is 6.89. The van der Waals surface area contributed by atoms with Crippen molar-refractivity contribution in [3.63, 3.8) is 0 Å². The second kappa shape index (κ2) is 30.4. The summed E-state index contributed by atoms with van der Waals surface area (Å²) >= 11 is 0. The van der Waals surface area contributed by atoms with Crippen molar-refractivity contribution >= 4 is 91.7 Å². The second-order valence-electron chi connectivity index (χ2n) is 19.4. The highest BCUT2D eigenvalue weighted by molar-refractivity contribution is 8.77. The van der Waals surface area contributed by atoms with Gasteiger partial charge in [-0.15, -0.1) is 0 Å². The van der Waals surface area contributed by atoms with E-state index in [4.69, 9.17) is 11.5 Å². The van der Waals surface area contributed by atoms with Crippen molar-refractivity contribution < 1.29 is 48.3 Å². The van der Waals surface area contributed by atoms with Crippen LogP contribution in [0.1, 0.15) is 89.5 Å². The van der Waals surface area contributed by atoms with Crippen molar-refractivity contribution in [1.29, 1.82) is 0 Å². The van der Waals surface area contributed by atoms with Crippen molar-refractivity contribution in [3.8, 4) is 0 Å². The lowest BCUT2D eigenvalue weighted by atomic mass is 10.0. The van der Waals surface area contributed by atoms with Crippen LogP contribution in [0.4, 0.5) is 0 Å². The summed E-state index contributed by atoms with van der Waals surface area (Å²) in [4.78, 5) is 139. The van der Waals surface area contributed by atoms with E-state index < -0.39 is 100 Å². The SMILES string of the molecule is CCCC[C@H](NC(C)=O)C(=O)N[C@H]1CSSC(C)(C)[C@@H](C(=O)O)NC(=O)CCCNC(=O)[C@H](Cc2c[nH]c3ccccc23)NC(=O)[C@H](CCCN=C(N)N)NC(=O)[C@@H](Cc2ccccc2)NC(=O)[C@H](Cc2cnc[nH]2)NC1=O. The molecule has 3 heterocycles. The molecule has 78 heavy (non-hydrogen) atoms. The molecule has 8 amide bonds. The maximum absolute atomic E-state index is 14.8. The molecular weight excluding hydrogens is 1040 g/mol. The van der Waals surface area contributed by atoms with Crippen molar-refractivity contribution in [2.75, 3.05) is 18.8 Å². The minimum atomic E-state index is -1.46. The van der Waals surface area contributed by atoms with Crippen LogP contribution in [0.5, 0.6) is 0 Å². The number of fused-ring (bicyclic) bond motifs is 1. The van der Waals surface area contributed by atoms with E-state index in [9.17, 15) is 48.3 Å². The number of unbranched alkanes of at least 4 members (excludes halogenated alkanes) is 1. The maximum atomic E-state index is 14.8. The molecule has 2 aromatic carbocycles. The number of guanidine groups is 1. The molecule has 5 rings (SSSR count). The molecular formula is C52H72N14O10S2. The Kier molecular flexibility index (Phi) is 23.8. The highest BCUT2D eigenvalue weighted by Gasteiger charge is 2.39. The van der Waals surface area contributed by atoms with Crippen molar-refractivity contribution in [2.24, 2.45) is 16.5 Å². The number of amides is 8. The molecule has 1 fully saturated rings. The number of aromatic amines is 2. The first kappa shape index (κ1) is 61.2. The lowest BCUT2D eigenvalue weighted by Gasteiger charge is -2.31. The molecule has 0 spiro atoms. The van der Waals surface area contributed by atoms with Gasteiger partial charge in [0.25, 0.3) is 0 Å². The average Bonchev–Trinajstić information content (AvgIpc) is 4.07. The third kappa shape index (κ3) is 19.4. The van der Waals surface area contributed by atoms with Crippen LogP contribution < -0.4 is 54.0 Å². The fourth-order valence-corrected chi connectivity index (χ4v) is 11.3. The molecule has 422 valence electrons. The molecule has 7 atom stereocenters. The number of carboxylic acids is 1. The molecule has 24 nitrogen and oxygen atoms in total. The van der Waals surface area contributed by atoms with Gasteiger partial charge >= 0.3 is 5.97 Å². The Hall–Kier alpha value is -7.61. The zero-order valence-corrected chi connectivity index (χ0v) is 45.8. The summed E-state index contributed by atoms with van der Waals surface area (Å²) in [5.74, 6) is -7.36. The number of para-hydroxylation sites is 1. The van der Waals surface area contributed by atoms with Crippen LogP contribution in [0.2, 0.25) is 0 Å². The minimum Gasteiger partial charge on any atom is -0.480 e. The van der Waals surface area contributed by atoms with Crippen LogP contribution in [-0.2, 0) is 62.4 Å². The molecule has 0 aliphatic carbocycles. The zero-order valence-electron chi connectivity index (χ0n) is 44.1. The van der Waals surface area contributed by atoms with Crippen LogP contribution in [0.15, 0.2) is 78.3 Å². The number of aromatic nitrogens is 3. The fraction of sp³-hybridized carbons (Fsp3) is 0.481. The lowest BCUT2D eigenvalue weighted by Crippen LogP contribution is -2.60. The third-order valence-corrected chi connectivity index (χ3v) is 15.9. The van der Waals surface area contributed by atoms with Crippen molar-refractivity contribution in [2.45, 2.75) is 139 Å². The number of rotatable bonds is 17. The Balaban J connectivity index is 1.56. The summed E-state index contributed by atoms with van der Waals surface area (Å²) in [6.45, 7) is 6.37. The molecule has 15 N–H and O–H groups in total. The van der Waals surface area contributed by atoms with Gasteiger partial charge in [0.2, 0.25) is 47.3 Å². The first-order chi connectivity index (χ1) is 37.2. The Labute approximate surface area is 460 Å². The first-order valence-electron chi connectivity index (χ1n) is 25.8. The van der Waals surface area contributed by atoms with E-state index in [0.29, 0.717) is 29.7 Å². The lowest BCUT2D eigenvalue weighted by molar-refractivity contribution is -0.142. The summed E-state index contributed by atoms with van der Waals surface area (Å²) in [5.41, 5.74) is 13.7. The van der Waals surface area contributed by atoms with Crippen LogP contribution in [0.3, 0.4) is 0 Å². The number of hydrogen-bond donors (Lipinski definition) is 13. The summed E-state index contributed by atoms with van der Waals surface area (Å²) in [7, 11) is 2.06. The number of nitrogens with zero attached hydrogens (tertiary/aromatic N) is 2. The van der Waals surface area contributed by atoms with Gasteiger partial charge in [-0.1, -0.05) is 89.9 Å². The smallest absolute Gasteiger partial charge is 0.327 e. The van der Waals surface area contributed by atoms with E-state index >= 15 is 0 Å². The molecule has 1 aliphatic rings. The Morgan fingerprint density at radius 2 is 1.47 bits per heavy atom. The molecule has 0 bridgehead atoms. The standard InChI is InChI=1S/C52H72N14O10S2/c1-5-6-17-36(60-30(2)67)45(70)65-41-28-77-78-52(3,4)43(50(75)76)66-42(68)20-13-21-56-44(69)39(24-32-26-58-35-18-11-10-16-34(32)35)63-46(71)37(19-12-22-57-51(53)54)61-47(72)38(23-31-14-8-7-9-15-31)62-48(73)40(64-49(41)74)25-33-27-55-29-59-33/h7-11,14-16,18,26-27,29,36-41,43,58H,5-6,12-13,17,19-25,28H2,1-4H3,(H,55,59)(H,56,69)(H,60,67)(H,61,72)(H,62,73)(H,63,71)(H,64,74)(H,65,70)(H,66,68)(H,75,76)(H4,53,54,57)/t36-,37-,38+,39-,40-,41-,43+/m0/s1. The summed E-state index contributed by atoms with van der Waals surface area (Å²) < 4.78 is -1.24. The zero-order chi connectivity index (χ0) is 56.8.